The van der Waals surface area contributed by atoms with Crippen LogP contribution in [0.2, 0.25) is 0 Å². The SMILES string of the molecule is COc1ccccc1-n1cnnc1SCC(=O)N(C)C(C)c1ccc(F)cc1. The zero-order valence-corrected chi connectivity index (χ0v) is 16.7. The molecule has 0 bridgehead atoms. The topological polar surface area (TPSA) is 60.2 Å². The summed E-state index contributed by atoms with van der Waals surface area (Å²) < 4.78 is 20.3. The highest BCUT2D eigenvalue weighted by Gasteiger charge is 2.19. The molecule has 0 fully saturated rings. The summed E-state index contributed by atoms with van der Waals surface area (Å²) in [6.45, 7) is 1.91. The predicted molar refractivity (Wildman–Crippen MR) is 106 cm³/mol. The van der Waals surface area contributed by atoms with Crippen molar-refractivity contribution in [3.63, 3.8) is 0 Å². The molecule has 2 aromatic carbocycles. The number of halogens is 1. The summed E-state index contributed by atoms with van der Waals surface area (Å²) in [6.07, 6.45) is 1.59. The number of nitrogens with zero attached hydrogens (tertiary/aromatic N) is 4. The number of aromatic nitrogens is 3. The summed E-state index contributed by atoms with van der Waals surface area (Å²) in [4.78, 5) is 14.3. The van der Waals surface area contributed by atoms with E-state index in [2.05, 4.69) is 10.2 Å². The maximum Gasteiger partial charge on any atom is 0.233 e. The average molecular weight is 400 g/mol. The summed E-state index contributed by atoms with van der Waals surface area (Å²) in [5, 5.41) is 8.68. The second-order valence-electron chi connectivity index (χ2n) is 6.18. The van der Waals surface area contributed by atoms with Crippen LogP contribution in [-0.2, 0) is 4.79 Å². The highest BCUT2D eigenvalue weighted by Crippen LogP contribution is 2.27. The number of hydrogen-bond donors (Lipinski definition) is 0. The van der Waals surface area contributed by atoms with Gasteiger partial charge >= 0.3 is 0 Å². The van der Waals surface area contributed by atoms with E-state index in [0.29, 0.717) is 10.9 Å². The molecule has 0 saturated heterocycles. The first kappa shape index (κ1) is 19.9. The van der Waals surface area contributed by atoms with E-state index in [4.69, 9.17) is 4.74 Å². The molecule has 146 valence electrons. The van der Waals surface area contributed by atoms with Gasteiger partial charge in [0.05, 0.1) is 24.6 Å². The van der Waals surface area contributed by atoms with Crippen molar-refractivity contribution in [1.82, 2.24) is 19.7 Å². The van der Waals surface area contributed by atoms with Crippen molar-refractivity contribution in [3.05, 3.63) is 66.2 Å². The van der Waals surface area contributed by atoms with E-state index >= 15 is 0 Å². The Bertz CT molecular complexity index is 945. The fraction of sp³-hybridized carbons (Fsp3) is 0.250. The number of thioether (sulfide) groups is 1. The summed E-state index contributed by atoms with van der Waals surface area (Å²) in [6, 6.07) is 13.5. The summed E-state index contributed by atoms with van der Waals surface area (Å²) in [5.74, 6) is 0.542. The molecule has 0 aliphatic carbocycles. The van der Waals surface area contributed by atoms with Crippen LogP contribution in [-0.4, -0.2) is 45.5 Å². The fourth-order valence-corrected chi connectivity index (χ4v) is 3.57. The van der Waals surface area contributed by atoms with Crippen LogP contribution in [0, 0.1) is 5.82 Å². The van der Waals surface area contributed by atoms with Crippen molar-refractivity contribution >= 4 is 17.7 Å². The number of carbonyl (C=O) groups excluding carboxylic acids is 1. The molecule has 8 heteroatoms. The van der Waals surface area contributed by atoms with Crippen LogP contribution in [0.4, 0.5) is 4.39 Å². The van der Waals surface area contributed by atoms with Gasteiger partial charge in [-0.3, -0.25) is 9.36 Å². The lowest BCUT2D eigenvalue weighted by molar-refractivity contribution is -0.128. The highest BCUT2D eigenvalue weighted by atomic mass is 32.2. The van der Waals surface area contributed by atoms with Gasteiger partial charge in [0.15, 0.2) is 5.16 Å². The Morgan fingerprint density at radius 2 is 1.96 bits per heavy atom. The maximum atomic E-state index is 13.1. The van der Waals surface area contributed by atoms with Crippen molar-refractivity contribution in [1.29, 1.82) is 0 Å². The van der Waals surface area contributed by atoms with Crippen molar-refractivity contribution in [2.75, 3.05) is 19.9 Å². The van der Waals surface area contributed by atoms with Crippen LogP contribution in [0.1, 0.15) is 18.5 Å². The van der Waals surface area contributed by atoms with Gasteiger partial charge in [-0.2, -0.15) is 0 Å². The Morgan fingerprint density at radius 1 is 1.25 bits per heavy atom. The molecule has 28 heavy (non-hydrogen) atoms. The number of benzene rings is 2. The van der Waals surface area contributed by atoms with Gasteiger partial charge in [0.2, 0.25) is 5.91 Å². The van der Waals surface area contributed by atoms with E-state index < -0.39 is 0 Å². The quantitative estimate of drug-likeness (QED) is 0.566. The molecular weight excluding hydrogens is 379 g/mol. The molecule has 0 aliphatic rings. The second-order valence-corrected chi connectivity index (χ2v) is 7.12. The standard InChI is InChI=1S/C20H21FN4O2S/c1-14(15-8-10-16(21)11-9-15)24(2)19(26)12-28-20-23-22-13-25(20)17-6-4-5-7-18(17)27-3/h4-11,13-14H,12H2,1-3H3. The van der Waals surface area contributed by atoms with E-state index in [1.165, 1.54) is 23.9 Å². The number of hydrogen-bond acceptors (Lipinski definition) is 5. The minimum atomic E-state index is -0.295. The van der Waals surface area contributed by atoms with Gasteiger partial charge in [-0.15, -0.1) is 10.2 Å². The highest BCUT2D eigenvalue weighted by molar-refractivity contribution is 7.99. The number of methoxy groups -OCH3 is 1. The molecule has 3 rings (SSSR count). The molecule has 1 atom stereocenters. The third-order valence-corrected chi connectivity index (χ3v) is 5.44. The van der Waals surface area contributed by atoms with E-state index in [1.54, 1.807) is 42.1 Å². The Kier molecular flexibility index (Phi) is 6.30. The number of carbonyl (C=O) groups is 1. The third kappa shape index (κ3) is 4.33. The first-order chi connectivity index (χ1) is 13.5. The number of para-hydroxylation sites is 2. The first-order valence-corrected chi connectivity index (χ1v) is 9.67. The second kappa shape index (κ2) is 8.88. The third-order valence-electron chi connectivity index (χ3n) is 4.51. The predicted octanol–water partition coefficient (Wildman–Crippen LogP) is 3.73. The smallest absolute Gasteiger partial charge is 0.233 e. The summed E-state index contributed by atoms with van der Waals surface area (Å²) in [7, 11) is 3.34. The molecule has 3 aromatic rings. The lowest BCUT2D eigenvalue weighted by atomic mass is 10.1. The lowest BCUT2D eigenvalue weighted by Crippen LogP contribution is -2.31. The summed E-state index contributed by atoms with van der Waals surface area (Å²) >= 11 is 1.30. The molecule has 1 unspecified atom stereocenters. The van der Waals surface area contributed by atoms with Gasteiger partial charge in [0.25, 0.3) is 0 Å². The molecule has 1 aromatic heterocycles. The van der Waals surface area contributed by atoms with E-state index in [-0.39, 0.29) is 23.5 Å². The Labute approximate surface area is 167 Å². The first-order valence-electron chi connectivity index (χ1n) is 8.68. The molecule has 0 spiro atoms. The van der Waals surface area contributed by atoms with Crippen molar-refractivity contribution in [2.24, 2.45) is 0 Å². The number of ether oxygens (including phenoxy) is 1. The molecule has 1 heterocycles. The zero-order valence-electron chi connectivity index (χ0n) is 15.9. The van der Waals surface area contributed by atoms with Crippen LogP contribution in [0.25, 0.3) is 5.69 Å². The van der Waals surface area contributed by atoms with Crippen LogP contribution < -0.4 is 4.74 Å². The van der Waals surface area contributed by atoms with Crippen LogP contribution in [0.3, 0.4) is 0 Å². The van der Waals surface area contributed by atoms with Gasteiger partial charge in [-0.05, 0) is 36.8 Å². The monoisotopic (exact) mass is 400 g/mol. The summed E-state index contributed by atoms with van der Waals surface area (Å²) in [5.41, 5.74) is 1.68. The molecular formula is C20H21FN4O2S. The molecule has 0 radical (unpaired) electrons. The van der Waals surface area contributed by atoms with Gasteiger partial charge in [-0.25, -0.2) is 4.39 Å². The zero-order chi connectivity index (χ0) is 20.1. The van der Waals surface area contributed by atoms with Crippen LogP contribution in [0.15, 0.2) is 60.0 Å². The molecule has 1 amide bonds. The van der Waals surface area contributed by atoms with Crippen molar-refractivity contribution in [3.8, 4) is 11.4 Å². The van der Waals surface area contributed by atoms with E-state index in [1.807, 2.05) is 31.2 Å². The lowest BCUT2D eigenvalue weighted by Gasteiger charge is -2.25. The normalized spacial score (nSPS) is 11.9. The minimum Gasteiger partial charge on any atom is -0.495 e. The average Bonchev–Trinajstić information content (AvgIpc) is 3.19. The van der Waals surface area contributed by atoms with Crippen LogP contribution >= 0.6 is 11.8 Å². The molecule has 0 saturated carbocycles. The number of rotatable bonds is 7. The van der Waals surface area contributed by atoms with Crippen molar-refractivity contribution in [2.45, 2.75) is 18.1 Å². The van der Waals surface area contributed by atoms with E-state index in [0.717, 1.165) is 11.3 Å². The minimum absolute atomic E-state index is 0.0589. The van der Waals surface area contributed by atoms with Gasteiger partial charge in [0, 0.05) is 7.05 Å². The Balaban J connectivity index is 1.68. The molecule has 0 N–H and O–H groups in total. The Morgan fingerprint density at radius 3 is 2.68 bits per heavy atom. The number of amides is 1. The van der Waals surface area contributed by atoms with Crippen molar-refractivity contribution < 1.29 is 13.9 Å². The van der Waals surface area contributed by atoms with E-state index in [9.17, 15) is 9.18 Å². The molecule has 6 nitrogen and oxygen atoms in total. The van der Waals surface area contributed by atoms with Crippen LogP contribution in [0.5, 0.6) is 5.75 Å². The van der Waals surface area contributed by atoms with Gasteiger partial charge in [-0.1, -0.05) is 36.0 Å². The molecule has 0 aliphatic heterocycles. The Hall–Kier alpha value is -2.87. The maximum absolute atomic E-state index is 13.1. The fourth-order valence-electron chi connectivity index (χ4n) is 2.73. The van der Waals surface area contributed by atoms with Gasteiger partial charge < -0.3 is 9.64 Å². The largest absolute Gasteiger partial charge is 0.495 e. The van der Waals surface area contributed by atoms with Gasteiger partial charge in [0.1, 0.15) is 17.9 Å².